The van der Waals surface area contributed by atoms with Crippen molar-refractivity contribution < 1.29 is 23.6 Å². The third kappa shape index (κ3) is 6.32. The highest BCUT2D eigenvalue weighted by Gasteiger charge is 2.21. The van der Waals surface area contributed by atoms with Crippen molar-refractivity contribution in [2.24, 2.45) is 0 Å². The van der Waals surface area contributed by atoms with Crippen LogP contribution in [0.4, 0.5) is 0 Å². The number of aliphatic hydroxyl groups excluding tert-OH is 1. The Hall–Kier alpha value is -2.02. The fourth-order valence-corrected chi connectivity index (χ4v) is 2.14. The van der Waals surface area contributed by atoms with E-state index in [1.165, 1.54) is 19.3 Å². The van der Waals surface area contributed by atoms with Crippen LogP contribution in [0.5, 0.6) is 0 Å². The highest BCUT2D eigenvalue weighted by Crippen LogP contribution is 2.43. The average molecular weight is 345 g/mol. The van der Waals surface area contributed by atoms with Gasteiger partial charge in [0.1, 0.15) is 0 Å². The molecule has 1 aromatic heterocycles. The number of aromatic nitrogens is 2. The van der Waals surface area contributed by atoms with E-state index in [0.29, 0.717) is 0 Å². The van der Waals surface area contributed by atoms with Crippen LogP contribution >= 0.6 is 7.82 Å². The van der Waals surface area contributed by atoms with Gasteiger partial charge in [0, 0.05) is 18.0 Å². The molecule has 0 amide bonds. The maximum Gasteiger partial charge on any atom is 0.472 e. The van der Waals surface area contributed by atoms with Gasteiger partial charge in [-0.25, -0.2) is 9.36 Å². The molecule has 23 heavy (non-hydrogen) atoms. The van der Waals surface area contributed by atoms with Crippen LogP contribution in [-0.2, 0) is 13.6 Å². The fourth-order valence-electron chi connectivity index (χ4n) is 1.41. The number of H-pyrrole nitrogens is 1. The molecule has 1 rings (SSSR count). The minimum absolute atomic E-state index is 0.0807. The molecule has 11 heteroatoms. The van der Waals surface area contributed by atoms with Crippen molar-refractivity contribution in [2.45, 2.75) is 13.3 Å². The quantitative estimate of drug-likeness (QED) is 0.429. The first-order valence-electron chi connectivity index (χ1n) is 6.40. The number of aromatic amines is 1. The zero-order valence-corrected chi connectivity index (χ0v) is 13.2. The summed E-state index contributed by atoms with van der Waals surface area (Å²) in [6.45, 7) is 0.175. The average Bonchev–Trinajstić information content (AvgIpc) is 2.48. The van der Waals surface area contributed by atoms with Gasteiger partial charge in [-0.3, -0.25) is 23.4 Å². The molecule has 0 fully saturated rings. The first-order valence-corrected chi connectivity index (χ1v) is 7.90. The predicted octanol–water partition coefficient (Wildman–Crippen LogP) is -0.275. The topological polar surface area (TPSA) is 155 Å². The van der Waals surface area contributed by atoms with Gasteiger partial charge in [-0.1, -0.05) is 0 Å². The van der Waals surface area contributed by atoms with E-state index in [-0.39, 0.29) is 24.2 Å². The normalized spacial score (nSPS) is 14.3. The van der Waals surface area contributed by atoms with Crippen LogP contribution in [0.25, 0.3) is 6.20 Å². The number of phosphoric acid groups is 1. The molecule has 0 aliphatic carbocycles. The van der Waals surface area contributed by atoms with Gasteiger partial charge < -0.3 is 10.00 Å². The third-order valence-electron chi connectivity index (χ3n) is 2.55. The highest BCUT2D eigenvalue weighted by atomic mass is 31.2. The number of nitrogens with zero attached hydrogens (tertiary/aromatic N) is 2. The number of nitriles is 1. The summed E-state index contributed by atoms with van der Waals surface area (Å²) in [5.41, 5.74) is -0.903. The van der Waals surface area contributed by atoms with Gasteiger partial charge in [-0.05, 0) is 12.5 Å². The van der Waals surface area contributed by atoms with Gasteiger partial charge in [-0.15, -0.1) is 0 Å². The van der Waals surface area contributed by atoms with E-state index in [0.717, 1.165) is 4.57 Å². The number of hydrogen-bond donors (Lipinski definition) is 3. The Morgan fingerprint density at radius 1 is 1.52 bits per heavy atom. The smallest absolute Gasteiger partial charge is 0.392 e. The summed E-state index contributed by atoms with van der Waals surface area (Å²) in [4.78, 5) is 34.3. The SMILES string of the molecule is Cc1cn(/C=C(/CO)COP(=O)(O)OCCC#N)c(=O)[nH]c1=O. The number of aliphatic hydroxyl groups is 1. The largest absolute Gasteiger partial charge is 0.472 e. The zero-order chi connectivity index (χ0) is 17.5. The maximum atomic E-state index is 11.6. The Labute approximate surface area is 130 Å². The molecule has 1 aromatic rings. The molecule has 3 N–H and O–H groups in total. The number of aryl methyl sites for hydroxylation is 1. The summed E-state index contributed by atoms with van der Waals surface area (Å²) < 4.78 is 21.7. The molecule has 0 aromatic carbocycles. The first kappa shape index (κ1) is 19.0. The Morgan fingerprint density at radius 3 is 2.83 bits per heavy atom. The van der Waals surface area contributed by atoms with Crippen molar-refractivity contribution in [3.05, 3.63) is 38.2 Å². The lowest BCUT2D eigenvalue weighted by Crippen LogP contribution is -2.28. The third-order valence-corrected chi connectivity index (χ3v) is 3.52. The van der Waals surface area contributed by atoms with Gasteiger partial charge in [0.25, 0.3) is 5.56 Å². The monoisotopic (exact) mass is 345 g/mol. The molecule has 0 aliphatic rings. The van der Waals surface area contributed by atoms with Gasteiger partial charge in [0.05, 0.1) is 32.3 Å². The summed E-state index contributed by atoms with van der Waals surface area (Å²) in [5, 5.41) is 17.5. The van der Waals surface area contributed by atoms with Gasteiger partial charge in [-0.2, -0.15) is 5.26 Å². The number of rotatable bonds is 8. The van der Waals surface area contributed by atoms with Crippen LogP contribution in [0, 0.1) is 18.3 Å². The lowest BCUT2D eigenvalue weighted by atomic mass is 10.3. The molecule has 1 heterocycles. The van der Waals surface area contributed by atoms with E-state index in [1.54, 1.807) is 6.07 Å². The van der Waals surface area contributed by atoms with Gasteiger partial charge in [0.2, 0.25) is 0 Å². The second-order valence-corrected chi connectivity index (χ2v) is 5.86. The molecule has 1 atom stereocenters. The summed E-state index contributed by atoms with van der Waals surface area (Å²) in [5.74, 6) is 0. The molecule has 0 spiro atoms. The van der Waals surface area contributed by atoms with Crippen molar-refractivity contribution in [1.29, 1.82) is 5.26 Å². The first-order chi connectivity index (χ1) is 10.8. The Balaban J connectivity index is 2.83. The Morgan fingerprint density at radius 2 is 2.22 bits per heavy atom. The minimum atomic E-state index is -4.37. The van der Waals surface area contributed by atoms with Crippen molar-refractivity contribution in [3.63, 3.8) is 0 Å². The second kappa shape index (κ2) is 8.57. The molecule has 0 radical (unpaired) electrons. The Bertz CT molecular complexity index is 774. The summed E-state index contributed by atoms with van der Waals surface area (Å²) in [6.07, 6.45) is 2.34. The van der Waals surface area contributed by atoms with Crippen LogP contribution in [0.3, 0.4) is 0 Å². The predicted molar refractivity (Wildman–Crippen MR) is 79.4 cm³/mol. The molecule has 0 saturated heterocycles. The maximum absolute atomic E-state index is 11.6. The summed E-state index contributed by atoms with van der Waals surface area (Å²) >= 11 is 0. The van der Waals surface area contributed by atoms with Crippen molar-refractivity contribution >= 4 is 14.0 Å². The van der Waals surface area contributed by atoms with Crippen molar-refractivity contribution in [2.75, 3.05) is 19.8 Å². The van der Waals surface area contributed by atoms with Crippen LogP contribution in [0.2, 0.25) is 0 Å². The molecule has 0 saturated carbocycles. The summed E-state index contributed by atoms with van der Waals surface area (Å²) in [6, 6.07) is 1.73. The second-order valence-electron chi connectivity index (χ2n) is 4.41. The zero-order valence-electron chi connectivity index (χ0n) is 12.3. The van der Waals surface area contributed by atoms with Gasteiger partial charge >= 0.3 is 13.5 Å². The molecule has 1 unspecified atom stereocenters. The van der Waals surface area contributed by atoms with Crippen molar-refractivity contribution in [1.82, 2.24) is 9.55 Å². The molecule has 0 bridgehead atoms. The van der Waals surface area contributed by atoms with Crippen LogP contribution in [0.1, 0.15) is 12.0 Å². The molecule has 10 nitrogen and oxygen atoms in total. The van der Waals surface area contributed by atoms with E-state index < -0.39 is 32.3 Å². The van der Waals surface area contributed by atoms with Crippen molar-refractivity contribution in [3.8, 4) is 6.07 Å². The minimum Gasteiger partial charge on any atom is -0.392 e. The molecular weight excluding hydrogens is 329 g/mol. The molecular formula is C12H16N3O7P. The number of hydrogen-bond acceptors (Lipinski definition) is 7. The molecule has 126 valence electrons. The Kier molecular flexibility index (Phi) is 7.09. The fraction of sp³-hybridized carbons (Fsp3) is 0.417. The van der Waals surface area contributed by atoms with E-state index in [9.17, 15) is 24.2 Å². The van der Waals surface area contributed by atoms with E-state index >= 15 is 0 Å². The van der Waals surface area contributed by atoms with Gasteiger partial charge in [0.15, 0.2) is 0 Å². The van der Waals surface area contributed by atoms with Crippen LogP contribution in [-0.4, -0.2) is 39.4 Å². The summed E-state index contributed by atoms with van der Waals surface area (Å²) in [7, 11) is -4.37. The van der Waals surface area contributed by atoms with Crippen LogP contribution in [0.15, 0.2) is 21.4 Å². The van der Waals surface area contributed by atoms with E-state index in [1.807, 2.05) is 0 Å². The number of nitrogens with one attached hydrogen (secondary N) is 1. The highest BCUT2D eigenvalue weighted by molar-refractivity contribution is 7.47. The lowest BCUT2D eigenvalue weighted by Gasteiger charge is -2.12. The standard InChI is InChI=1S/C12H16N3O7P/c1-9-5-15(12(18)14-11(9)17)6-10(7-16)8-22-23(19,20)21-4-2-3-13/h5-6,16H,2,4,7-8H2,1H3,(H,19,20)(H,14,17,18)/b10-6-. The van der Waals surface area contributed by atoms with E-state index in [4.69, 9.17) is 5.26 Å². The van der Waals surface area contributed by atoms with Crippen LogP contribution < -0.4 is 11.2 Å². The van der Waals surface area contributed by atoms with E-state index in [2.05, 4.69) is 14.0 Å². The lowest BCUT2D eigenvalue weighted by molar-refractivity contribution is 0.157. The molecule has 0 aliphatic heterocycles. The number of phosphoric ester groups is 1.